The van der Waals surface area contributed by atoms with Crippen LogP contribution in [-0.4, -0.2) is 17.6 Å². The first-order valence-electron chi connectivity index (χ1n) is 3.13. The minimum Gasteiger partial charge on any atom is -0.396 e. The van der Waals surface area contributed by atoms with Crippen molar-refractivity contribution >= 4 is 0 Å². The second kappa shape index (κ2) is 2.21. The molecule has 3 heteroatoms. The summed E-state index contributed by atoms with van der Waals surface area (Å²) in [4.78, 5) is 0. The van der Waals surface area contributed by atoms with Gasteiger partial charge >= 0.3 is 0 Å². The van der Waals surface area contributed by atoms with E-state index in [1.807, 2.05) is 0 Å². The van der Waals surface area contributed by atoms with E-state index in [1.165, 1.54) is 0 Å². The molecule has 1 rings (SSSR count). The highest BCUT2D eigenvalue weighted by Gasteiger charge is 2.38. The molecule has 1 atom stereocenters. The molecule has 1 aliphatic carbocycles. The highest BCUT2D eigenvalue weighted by atomic mass is 19.3. The zero-order valence-corrected chi connectivity index (χ0v) is 5.11. The molecule has 0 radical (unpaired) electrons. The molecule has 0 saturated heterocycles. The highest BCUT2D eigenvalue weighted by molar-refractivity contribution is 4.80. The largest absolute Gasteiger partial charge is 0.396 e. The van der Waals surface area contributed by atoms with Crippen LogP contribution in [0.4, 0.5) is 8.78 Å². The molecule has 0 aromatic heterocycles. The third-order valence-corrected chi connectivity index (χ3v) is 1.76. The Morgan fingerprint density at radius 1 is 1.56 bits per heavy atom. The summed E-state index contributed by atoms with van der Waals surface area (Å²) in [6.07, 6.45) is 0.311. The van der Waals surface area contributed by atoms with E-state index in [-0.39, 0.29) is 25.4 Å². The number of aliphatic hydroxyl groups is 1. The van der Waals surface area contributed by atoms with Gasteiger partial charge in [0.1, 0.15) is 0 Å². The van der Waals surface area contributed by atoms with E-state index in [0.29, 0.717) is 6.42 Å². The second-order valence-electron chi connectivity index (χ2n) is 2.65. The zero-order chi connectivity index (χ0) is 6.91. The van der Waals surface area contributed by atoms with Gasteiger partial charge in [0.25, 0.3) is 0 Å². The molecule has 9 heavy (non-hydrogen) atoms. The highest BCUT2D eigenvalue weighted by Crippen LogP contribution is 2.38. The standard InChI is InChI=1S/C6H10F2O/c7-6(8)2-1-5(3-6)4-9/h5,9H,1-4H2/t5-/m1/s1. The molecule has 0 aromatic carbocycles. The Hall–Kier alpha value is -0.180. The summed E-state index contributed by atoms with van der Waals surface area (Å²) in [7, 11) is 0. The summed E-state index contributed by atoms with van der Waals surface area (Å²) < 4.78 is 24.5. The fraction of sp³-hybridized carbons (Fsp3) is 1.00. The molecule has 1 N–H and O–H groups in total. The maximum Gasteiger partial charge on any atom is 0.248 e. The monoisotopic (exact) mass is 136 g/mol. The normalized spacial score (nSPS) is 33.0. The van der Waals surface area contributed by atoms with Gasteiger partial charge in [-0.05, 0) is 12.3 Å². The summed E-state index contributed by atoms with van der Waals surface area (Å²) in [6, 6.07) is 0. The van der Waals surface area contributed by atoms with E-state index in [9.17, 15) is 8.78 Å². The van der Waals surface area contributed by atoms with Crippen molar-refractivity contribution < 1.29 is 13.9 Å². The van der Waals surface area contributed by atoms with E-state index >= 15 is 0 Å². The molecule has 0 bridgehead atoms. The van der Waals surface area contributed by atoms with Crippen LogP contribution in [0, 0.1) is 5.92 Å². The van der Waals surface area contributed by atoms with Crippen LogP contribution in [0.5, 0.6) is 0 Å². The van der Waals surface area contributed by atoms with E-state index in [4.69, 9.17) is 5.11 Å². The van der Waals surface area contributed by atoms with Crippen molar-refractivity contribution in [3.05, 3.63) is 0 Å². The Balaban J connectivity index is 2.38. The topological polar surface area (TPSA) is 20.2 Å². The lowest BCUT2D eigenvalue weighted by Gasteiger charge is -2.06. The molecule has 0 heterocycles. The average Bonchev–Trinajstić information content (AvgIpc) is 2.10. The number of rotatable bonds is 1. The van der Waals surface area contributed by atoms with Gasteiger partial charge in [-0.25, -0.2) is 8.78 Å². The fourth-order valence-electron chi connectivity index (χ4n) is 1.20. The Morgan fingerprint density at radius 2 is 2.22 bits per heavy atom. The SMILES string of the molecule is OC[C@@H]1CCC(F)(F)C1. The van der Waals surface area contributed by atoms with Gasteiger partial charge < -0.3 is 5.11 Å². The molecular weight excluding hydrogens is 126 g/mol. The fourth-order valence-corrected chi connectivity index (χ4v) is 1.20. The number of aliphatic hydroxyl groups excluding tert-OH is 1. The number of alkyl halides is 2. The van der Waals surface area contributed by atoms with Gasteiger partial charge in [0.05, 0.1) is 0 Å². The van der Waals surface area contributed by atoms with Crippen molar-refractivity contribution in [2.24, 2.45) is 5.92 Å². The Bertz CT molecular complexity index is 103. The Labute approximate surface area is 52.7 Å². The first-order valence-corrected chi connectivity index (χ1v) is 3.13. The zero-order valence-electron chi connectivity index (χ0n) is 5.11. The predicted molar refractivity (Wildman–Crippen MR) is 29.4 cm³/mol. The van der Waals surface area contributed by atoms with E-state index in [0.717, 1.165) is 0 Å². The van der Waals surface area contributed by atoms with Gasteiger partial charge in [0.15, 0.2) is 0 Å². The molecule has 1 fully saturated rings. The first-order chi connectivity index (χ1) is 4.14. The van der Waals surface area contributed by atoms with Crippen LogP contribution in [0.1, 0.15) is 19.3 Å². The van der Waals surface area contributed by atoms with Crippen LogP contribution in [0.2, 0.25) is 0 Å². The van der Waals surface area contributed by atoms with Crippen LogP contribution in [0.3, 0.4) is 0 Å². The molecule has 0 unspecified atom stereocenters. The van der Waals surface area contributed by atoms with Gasteiger partial charge in [-0.2, -0.15) is 0 Å². The number of hydrogen-bond acceptors (Lipinski definition) is 1. The predicted octanol–water partition coefficient (Wildman–Crippen LogP) is 1.41. The third-order valence-electron chi connectivity index (χ3n) is 1.76. The number of halogens is 2. The summed E-state index contributed by atoms with van der Waals surface area (Å²) in [5.41, 5.74) is 0. The maximum atomic E-state index is 12.3. The van der Waals surface area contributed by atoms with E-state index in [2.05, 4.69) is 0 Å². The molecule has 1 aliphatic rings. The summed E-state index contributed by atoms with van der Waals surface area (Å²) in [6.45, 7) is -0.0877. The lowest BCUT2D eigenvalue weighted by Crippen LogP contribution is -2.10. The van der Waals surface area contributed by atoms with Crippen molar-refractivity contribution in [2.45, 2.75) is 25.2 Å². The minimum atomic E-state index is -2.49. The van der Waals surface area contributed by atoms with Gasteiger partial charge in [0, 0.05) is 19.4 Å². The maximum absolute atomic E-state index is 12.3. The van der Waals surface area contributed by atoms with Crippen molar-refractivity contribution in [3.8, 4) is 0 Å². The summed E-state index contributed by atoms with van der Waals surface area (Å²) in [5.74, 6) is -2.65. The third kappa shape index (κ3) is 1.61. The molecule has 1 saturated carbocycles. The second-order valence-corrected chi connectivity index (χ2v) is 2.65. The lowest BCUT2D eigenvalue weighted by atomic mass is 10.1. The minimum absolute atomic E-state index is 0.0434. The van der Waals surface area contributed by atoms with Crippen molar-refractivity contribution in [2.75, 3.05) is 6.61 Å². The van der Waals surface area contributed by atoms with Gasteiger partial charge in [-0.1, -0.05) is 0 Å². The van der Waals surface area contributed by atoms with Crippen LogP contribution in [0.25, 0.3) is 0 Å². The van der Waals surface area contributed by atoms with Gasteiger partial charge in [-0.3, -0.25) is 0 Å². The van der Waals surface area contributed by atoms with Crippen molar-refractivity contribution in [1.82, 2.24) is 0 Å². The lowest BCUT2D eigenvalue weighted by molar-refractivity contribution is 0.00228. The molecule has 0 aliphatic heterocycles. The van der Waals surface area contributed by atoms with Crippen LogP contribution in [-0.2, 0) is 0 Å². The van der Waals surface area contributed by atoms with Gasteiger partial charge in [-0.15, -0.1) is 0 Å². The molecule has 0 spiro atoms. The Morgan fingerprint density at radius 3 is 2.44 bits per heavy atom. The Kier molecular flexibility index (Phi) is 1.70. The van der Waals surface area contributed by atoms with E-state index in [1.54, 1.807) is 0 Å². The smallest absolute Gasteiger partial charge is 0.248 e. The molecule has 0 amide bonds. The summed E-state index contributed by atoms with van der Waals surface area (Å²) in [5, 5.41) is 8.46. The summed E-state index contributed by atoms with van der Waals surface area (Å²) >= 11 is 0. The molecule has 54 valence electrons. The molecular formula is C6H10F2O. The van der Waals surface area contributed by atoms with Crippen LogP contribution >= 0.6 is 0 Å². The first kappa shape index (κ1) is 6.93. The quantitative estimate of drug-likeness (QED) is 0.578. The van der Waals surface area contributed by atoms with E-state index < -0.39 is 5.92 Å². The van der Waals surface area contributed by atoms with Crippen LogP contribution in [0.15, 0.2) is 0 Å². The van der Waals surface area contributed by atoms with Crippen molar-refractivity contribution in [3.63, 3.8) is 0 Å². The molecule has 1 nitrogen and oxygen atoms in total. The van der Waals surface area contributed by atoms with Crippen molar-refractivity contribution in [1.29, 1.82) is 0 Å². The van der Waals surface area contributed by atoms with Crippen LogP contribution < -0.4 is 0 Å². The number of hydrogen-bond donors (Lipinski definition) is 1. The average molecular weight is 136 g/mol. The van der Waals surface area contributed by atoms with Gasteiger partial charge in [0.2, 0.25) is 5.92 Å². The molecule has 0 aromatic rings.